The summed E-state index contributed by atoms with van der Waals surface area (Å²) in [5, 5.41) is 6.82. The molecule has 4 nitrogen and oxygen atoms in total. The van der Waals surface area contributed by atoms with Crippen molar-refractivity contribution in [2.24, 2.45) is 0 Å². The molecule has 3 rings (SSSR count). The largest absolute Gasteiger partial charge is 0.361 e. The van der Waals surface area contributed by atoms with Gasteiger partial charge in [0, 0.05) is 28.0 Å². The summed E-state index contributed by atoms with van der Waals surface area (Å²) in [6, 6.07) is 7.58. The van der Waals surface area contributed by atoms with Gasteiger partial charge in [-0.3, -0.25) is 4.79 Å². The summed E-state index contributed by atoms with van der Waals surface area (Å²) in [4.78, 5) is 19.6. The number of amides is 1. The van der Waals surface area contributed by atoms with Gasteiger partial charge in [0.25, 0.3) is 5.91 Å². The third-order valence-corrected chi connectivity index (χ3v) is 3.76. The van der Waals surface area contributed by atoms with Crippen LogP contribution in [0.25, 0.3) is 10.9 Å². The summed E-state index contributed by atoms with van der Waals surface area (Å²) in [7, 11) is 0. The second-order valence-corrected chi connectivity index (χ2v) is 5.35. The van der Waals surface area contributed by atoms with E-state index in [1.807, 2.05) is 42.8 Å². The second kappa shape index (κ2) is 4.85. The molecule has 0 spiro atoms. The van der Waals surface area contributed by atoms with Crippen LogP contribution in [0.3, 0.4) is 0 Å². The summed E-state index contributed by atoms with van der Waals surface area (Å²) in [6.07, 6.45) is 1.84. The molecule has 1 amide bonds. The molecule has 0 aliphatic carbocycles. The maximum atomic E-state index is 12.2. The molecule has 1 aromatic carbocycles. The number of rotatable bonds is 3. The zero-order valence-electron chi connectivity index (χ0n) is 10.4. The standard InChI is InChI=1S/C14H13N3OS/c1-9-17-10(8-19-9)7-16-14(18)12-3-2-4-13-11(12)5-6-15-13/h2-6,8,15H,7H2,1H3,(H,16,18). The van der Waals surface area contributed by atoms with Crippen molar-refractivity contribution in [1.82, 2.24) is 15.3 Å². The van der Waals surface area contributed by atoms with Gasteiger partial charge >= 0.3 is 0 Å². The Bertz CT molecular complexity index is 729. The SMILES string of the molecule is Cc1nc(CNC(=O)c2cccc3[nH]ccc23)cs1. The highest BCUT2D eigenvalue weighted by atomic mass is 32.1. The summed E-state index contributed by atoms with van der Waals surface area (Å²) in [5.41, 5.74) is 2.56. The number of aromatic amines is 1. The van der Waals surface area contributed by atoms with E-state index in [0.29, 0.717) is 12.1 Å². The normalized spacial score (nSPS) is 10.8. The van der Waals surface area contributed by atoms with E-state index in [9.17, 15) is 4.79 Å². The van der Waals surface area contributed by atoms with Gasteiger partial charge in [-0.1, -0.05) is 6.07 Å². The minimum Gasteiger partial charge on any atom is -0.361 e. The molecule has 0 aliphatic rings. The molecule has 0 aliphatic heterocycles. The van der Waals surface area contributed by atoms with Gasteiger partial charge in [-0.05, 0) is 25.1 Å². The molecular formula is C14H13N3OS. The number of aryl methyl sites for hydroxylation is 1. The highest BCUT2D eigenvalue weighted by molar-refractivity contribution is 7.09. The van der Waals surface area contributed by atoms with Crippen LogP contribution in [0.4, 0.5) is 0 Å². The van der Waals surface area contributed by atoms with Crippen LogP contribution in [-0.4, -0.2) is 15.9 Å². The van der Waals surface area contributed by atoms with Crippen molar-refractivity contribution >= 4 is 28.1 Å². The first-order chi connectivity index (χ1) is 9.24. The van der Waals surface area contributed by atoms with E-state index in [1.54, 1.807) is 11.3 Å². The zero-order chi connectivity index (χ0) is 13.2. The number of nitrogens with one attached hydrogen (secondary N) is 2. The van der Waals surface area contributed by atoms with Gasteiger partial charge in [0.2, 0.25) is 0 Å². The maximum Gasteiger partial charge on any atom is 0.252 e. The summed E-state index contributed by atoms with van der Waals surface area (Å²) in [6.45, 7) is 2.42. The van der Waals surface area contributed by atoms with E-state index in [-0.39, 0.29) is 5.91 Å². The van der Waals surface area contributed by atoms with Crippen LogP contribution in [0.2, 0.25) is 0 Å². The fraction of sp³-hybridized carbons (Fsp3) is 0.143. The van der Waals surface area contributed by atoms with Crippen molar-refractivity contribution in [3.8, 4) is 0 Å². The van der Waals surface area contributed by atoms with E-state index in [1.165, 1.54) is 0 Å². The van der Waals surface area contributed by atoms with Crippen LogP contribution in [0.15, 0.2) is 35.8 Å². The number of hydrogen-bond donors (Lipinski definition) is 2. The fourth-order valence-corrected chi connectivity index (χ4v) is 2.65. The lowest BCUT2D eigenvalue weighted by Crippen LogP contribution is -2.23. The van der Waals surface area contributed by atoms with E-state index in [4.69, 9.17) is 0 Å². The van der Waals surface area contributed by atoms with Crippen molar-refractivity contribution in [1.29, 1.82) is 0 Å². The molecule has 0 atom stereocenters. The van der Waals surface area contributed by atoms with Gasteiger partial charge in [0.05, 0.1) is 17.2 Å². The monoisotopic (exact) mass is 271 g/mol. The van der Waals surface area contributed by atoms with Crippen LogP contribution in [0.5, 0.6) is 0 Å². The number of carbonyl (C=O) groups excluding carboxylic acids is 1. The molecule has 0 unspecified atom stereocenters. The van der Waals surface area contributed by atoms with Crippen molar-refractivity contribution in [2.75, 3.05) is 0 Å². The Morgan fingerprint density at radius 3 is 3.11 bits per heavy atom. The topological polar surface area (TPSA) is 57.8 Å². The third kappa shape index (κ3) is 2.37. The lowest BCUT2D eigenvalue weighted by molar-refractivity contribution is 0.0952. The fourth-order valence-electron chi connectivity index (χ4n) is 2.04. The van der Waals surface area contributed by atoms with Gasteiger partial charge in [-0.25, -0.2) is 4.98 Å². The van der Waals surface area contributed by atoms with E-state index < -0.39 is 0 Å². The number of H-pyrrole nitrogens is 1. The first-order valence-corrected chi connectivity index (χ1v) is 6.87. The molecule has 2 N–H and O–H groups in total. The summed E-state index contributed by atoms with van der Waals surface area (Å²) >= 11 is 1.59. The molecule has 19 heavy (non-hydrogen) atoms. The lowest BCUT2D eigenvalue weighted by Gasteiger charge is -2.04. The average Bonchev–Trinajstić information content (AvgIpc) is 3.03. The van der Waals surface area contributed by atoms with Crippen molar-refractivity contribution in [2.45, 2.75) is 13.5 Å². The minimum absolute atomic E-state index is 0.0733. The predicted molar refractivity (Wildman–Crippen MR) is 76.3 cm³/mol. The first-order valence-electron chi connectivity index (χ1n) is 5.99. The molecule has 0 saturated heterocycles. The molecule has 5 heteroatoms. The highest BCUT2D eigenvalue weighted by Gasteiger charge is 2.10. The van der Waals surface area contributed by atoms with Crippen molar-refractivity contribution < 1.29 is 4.79 Å². The average molecular weight is 271 g/mol. The van der Waals surface area contributed by atoms with Gasteiger partial charge in [0.1, 0.15) is 0 Å². The maximum absolute atomic E-state index is 12.2. The quantitative estimate of drug-likeness (QED) is 0.769. The Hall–Kier alpha value is -2.14. The van der Waals surface area contributed by atoms with Crippen LogP contribution >= 0.6 is 11.3 Å². The molecule has 0 bridgehead atoms. The van der Waals surface area contributed by atoms with Gasteiger partial charge in [0.15, 0.2) is 0 Å². The van der Waals surface area contributed by atoms with Crippen LogP contribution in [-0.2, 0) is 6.54 Å². The van der Waals surface area contributed by atoms with Crippen molar-refractivity contribution in [3.05, 3.63) is 52.1 Å². The second-order valence-electron chi connectivity index (χ2n) is 4.29. The van der Waals surface area contributed by atoms with Gasteiger partial charge < -0.3 is 10.3 Å². The number of fused-ring (bicyclic) bond motifs is 1. The van der Waals surface area contributed by atoms with E-state index in [2.05, 4.69) is 15.3 Å². The zero-order valence-corrected chi connectivity index (χ0v) is 11.3. The number of aromatic nitrogens is 2. The molecule has 96 valence electrons. The molecule has 0 fully saturated rings. The number of carbonyl (C=O) groups is 1. The van der Waals surface area contributed by atoms with Gasteiger partial charge in [-0.15, -0.1) is 11.3 Å². The van der Waals surface area contributed by atoms with Crippen LogP contribution < -0.4 is 5.32 Å². The van der Waals surface area contributed by atoms with E-state index >= 15 is 0 Å². The lowest BCUT2D eigenvalue weighted by atomic mass is 10.1. The third-order valence-electron chi connectivity index (χ3n) is 2.94. The molecule has 2 heterocycles. The molecule has 0 saturated carbocycles. The highest BCUT2D eigenvalue weighted by Crippen LogP contribution is 2.17. The summed E-state index contributed by atoms with van der Waals surface area (Å²) in [5.74, 6) is -0.0733. The van der Waals surface area contributed by atoms with E-state index in [0.717, 1.165) is 21.6 Å². The summed E-state index contributed by atoms with van der Waals surface area (Å²) < 4.78 is 0. The van der Waals surface area contributed by atoms with Crippen LogP contribution in [0.1, 0.15) is 21.1 Å². The number of benzene rings is 1. The molecule has 0 radical (unpaired) electrons. The Labute approximate surface area is 114 Å². The predicted octanol–water partition coefficient (Wildman–Crippen LogP) is 2.86. The molecule has 2 aromatic heterocycles. The van der Waals surface area contributed by atoms with Crippen molar-refractivity contribution in [3.63, 3.8) is 0 Å². The number of thiazole rings is 1. The minimum atomic E-state index is -0.0733. The Kier molecular flexibility index (Phi) is 3.05. The number of nitrogens with zero attached hydrogens (tertiary/aromatic N) is 1. The Morgan fingerprint density at radius 2 is 2.32 bits per heavy atom. The molecular weight excluding hydrogens is 258 g/mol. The van der Waals surface area contributed by atoms with Crippen LogP contribution in [0, 0.1) is 6.92 Å². The first kappa shape index (κ1) is 11.9. The molecule has 3 aromatic rings. The van der Waals surface area contributed by atoms with Gasteiger partial charge in [-0.2, -0.15) is 0 Å². The number of hydrogen-bond acceptors (Lipinski definition) is 3. The Morgan fingerprint density at radius 1 is 1.42 bits per heavy atom. The smallest absolute Gasteiger partial charge is 0.252 e. The Balaban J connectivity index is 1.78.